The van der Waals surface area contributed by atoms with Crippen molar-refractivity contribution in [2.45, 2.75) is 13.3 Å². The molecule has 0 saturated heterocycles. The lowest BCUT2D eigenvalue weighted by molar-refractivity contribution is 0.415. The summed E-state index contributed by atoms with van der Waals surface area (Å²) in [6.45, 7) is 2.13. The third kappa shape index (κ3) is 2.27. The number of methoxy groups -OCH3 is 1. The van der Waals surface area contributed by atoms with E-state index in [0.717, 1.165) is 17.7 Å². The van der Waals surface area contributed by atoms with Crippen molar-refractivity contribution in [2.75, 3.05) is 19.5 Å². The molecule has 1 heterocycles. The highest BCUT2D eigenvalue weighted by atomic mass is 16.5. The molecule has 1 aromatic heterocycles. The zero-order valence-electron chi connectivity index (χ0n) is 10.9. The lowest BCUT2D eigenvalue weighted by Crippen LogP contribution is -2.00. The van der Waals surface area contributed by atoms with Crippen LogP contribution in [0, 0.1) is 0 Å². The maximum Gasteiger partial charge on any atom is 0.187 e. The van der Waals surface area contributed by atoms with Crippen molar-refractivity contribution < 1.29 is 4.74 Å². The highest BCUT2D eigenvalue weighted by Crippen LogP contribution is 2.32. The molecule has 2 aromatic rings. The number of nitrogens with zero attached hydrogens (tertiary/aromatic N) is 2. The predicted molar refractivity (Wildman–Crippen MR) is 72.9 cm³/mol. The molecule has 0 aliphatic rings. The topological polar surface area (TPSA) is 47.0 Å². The van der Waals surface area contributed by atoms with Gasteiger partial charge in [-0.05, 0) is 18.1 Å². The van der Waals surface area contributed by atoms with Gasteiger partial charge >= 0.3 is 0 Å². The fourth-order valence-electron chi connectivity index (χ4n) is 1.89. The van der Waals surface area contributed by atoms with Crippen LogP contribution < -0.4 is 10.1 Å². The third-order valence-corrected chi connectivity index (χ3v) is 2.85. The second-order valence-corrected chi connectivity index (χ2v) is 3.91. The van der Waals surface area contributed by atoms with Gasteiger partial charge in [0.25, 0.3) is 0 Å². The summed E-state index contributed by atoms with van der Waals surface area (Å²) < 4.78 is 5.41. The van der Waals surface area contributed by atoms with E-state index in [1.807, 2.05) is 19.2 Å². The summed E-state index contributed by atoms with van der Waals surface area (Å²) in [5.74, 6) is 1.37. The minimum Gasteiger partial charge on any atom is -0.491 e. The molecule has 18 heavy (non-hydrogen) atoms. The molecule has 4 heteroatoms. The Bertz CT molecular complexity index is 540. The Morgan fingerprint density at radius 3 is 2.78 bits per heavy atom. The molecule has 1 aromatic carbocycles. The van der Waals surface area contributed by atoms with Crippen LogP contribution in [0.25, 0.3) is 11.3 Å². The van der Waals surface area contributed by atoms with Crippen molar-refractivity contribution >= 4 is 5.82 Å². The van der Waals surface area contributed by atoms with Crippen LogP contribution in [0.4, 0.5) is 5.82 Å². The number of nitrogens with one attached hydrogen (secondary N) is 1. The average molecular weight is 243 g/mol. The molecular formula is C14H17N3O. The van der Waals surface area contributed by atoms with Crippen LogP contribution in [0.2, 0.25) is 0 Å². The third-order valence-electron chi connectivity index (χ3n) is 2.85. The number of hydrogen-bond donors (Lipinski definition) is 1. The van der Waals surface area contributed by atoms with Crippen molar-refractivity contribution in [1.29, 1.82) is 0 Å². The number of ether oxygens (including phenoxy) is 1. The molecule has 0 atom stereocenters. The smallest absolute Gasteiger partial charge is 0.187 e. The second kappa shape index (κ2) is 5.49. The van der Waals surface area contributed by atoms with Crippen molar-refractivity contribution in [3.63, 3.8) is 0 Å². The van der Waals surface area contributed by atoms with Crippen molar-refractivity contribution in [2.24, 2.45) is 0 Å². The molecule has 0 aliphatic carbocycles. The monoisotopic (exact) mass is 243 g/mol. The molecule has 0 amide bonds. The molecule has 0 bridgehead atoms. The van der Waals surface area contributed by atoms with Crippen LogP contribution in [-0.2, 0) is 6.42 Å². The zero-order chi connectivity index (χ0) is 13.0. The second-order valence-electron chi connectivity index (χ2n) is 3.91. The summed E-state index contributed by atoms with van der Waals surface area (Å²) in [6.07, 6.45) is 2.54. The fourth-order valence-corrected chi connectivity index (χ4v) is 1.89. The van der Waals surface area contributed by atoms with Gasteiger partial charge in [-0.15, -0.1) is 0 Å². The average Bonchev–Trinajstić information content (AvgIpc) is 2.46. The highest BCUT2D eigenvalue weighted by molar-refractivity contribution is 5.72. The molecule has 0 radical (unpaired) electrons. The van der Waals surface area contributed by atoms with Gasteiger partial charge in [-0.3, -0.25) is 0 Å². The molecule has 0 aliphatic heterocycles. The minimum atomic E-state index is 0.674. The van der Waals surface area contributed by atoms with E-state index in [9.17, 15) is 0 Å². The molecule has 0 fully saturated rings. The molecule has 2 rings (SSSR count). The van der Waals surface area contributed by atoms with Gasteiger partial charge in [-0.1, -0.05) is 25.1 Å². The summed E-state index contributed by atoms with van der Waals surface area (Å²) in [7, 11) is 3.45. The Kier molecular flexibility index (Phi) is 3.77. The number of hydrogen-bond acceptors (Lipinski definition) is 4. The number of rotatable bonds is 4. The quantitative estimate of drug-likeness (QED) is 0.897. The summed E-state index contributed by atoms with van der Waals surface area (Å²) in [6, 6.07) is 8.30. The molecule has 1 N–H and O–H groups in total. The van der Waals surface area contributed by atoms with E-state index in [1.165, 1.54) is 5.56 Å². The van der Waals surface area contributed by atoms with Gasteiger partial charge in [-0.2, -0.15) is 0 Å². The van der Waals surface area contributed by atoms with E-state index in [4.69, 9.17) is 4.74 Å². The number of aryl methyl sites for hydroxylation is 1. The van der Waals surface area contributed by atoms with Gasteiger partial charge < -0.3 is 10.1 Å². The van der Waals surface area contributed by atoms with Gasteiger partial charge in [0.2, 0.25) is 0 Å². The normalized spacial score (nSPS) is 10.2. The fraction of sp³-hybridized carbons (Fsp3) is 0.286. The number of anilines is 1. The molecule has 0 saturated carbocycles. The van der Waals surface area contributed by atoms with Gasteiger partial charge in [-0.25, -0.2) is 9.97 Å². The minimum absolute atomic E-state index is 0.674. The lowest BCUT2D eigenvalue weighted by Gasteiger charge is -2.11. The van der Waals surface area contributed by atoms with E-state index < -0.39 is 0 Å². The standard InChI is InChI=1S/C14H17N3O/c1-4-10-6-5-7-11(8-10)12-13(18-3)14(15-2)17-9-16-12/h5-9H,4H2,1-3H3,(H,15,16,17). The Balaban J connectivity index is 2.55. The van der Waals surface area contributed by atoms with Crippen molar-refractivity contribution in [3.8, 4) is 17.0 Å². The zero-order valence-corrected chi connectivity index (χ0v) is 10.9. The van der Waals surface area contributed by atoms with Crippen LogP contribution in [0.1, 0.15) is 12.5 Å². The lowest BCUT2D eigenvalue weighted by atomic mass is 10.1. The number of benzene rings is 1. The van der Waals surface area contributed by atoms with Crippen LogP contribution in [-0.4, -0.2) is 24.1 Å². The highest BCUT2D eigenvalue weighted by Gasteiger charge is 2.12. The maximum atomic E-state index is 5.41. The van der Waals surface area contributed by atoms with E-state index in [0.29, 0.717) is 11.6 Å². The van der Waals surface area contributed by atoms with E-state index in [2.05, 4.69) is 34.3 Å². The first-order valence-electron chi connectivity index (χ1n) is 5.96. The summed E-state index contributed by atoms with van der Waals surface area (Å²) in [5.41, 5.74) is 3.14. The summed E-state index contributed by atoms with van der Waals surface area (Å²) >= 11 is 0. The first-order valence-corrected chi connectivity index (χ1v) is 5.96. The van der Waals surface area contributed by atoms with Crippen molar-refractivity contribution in [1.82, 2.24) is 9.97 Å². The van der Waals surface area contributed by atoms with Crippen LogP contribution >= 0.6 is 0 Å². The van der Waals surface area contributed by atoms with Gasteiger partial charge in [0.15, 0.2) is 11.6 Å². The molecule has 0 spiro atoms. The van der Waals surface area contributed by atoms with Crippen molar-refractivity contribution in [3.05, 3.63) is 36.2 Å². The molecule has 94 valence electrons. The van der Waals surface area contributed by atoms with Crippen LogP contribution in [0.15, 0.2) is 30.6 Å². The number of aromatic nitrogens is 2. The Morgan fingerprint density at radius 2 is 2.11 bits per heavy atom. The molecular weight excluding hydrogens is 226 g/mol. The Hall–Kier alpha value is -2.10. The van der Waals surface area contributed by atoms with Crippen LogP contribution in [0.5, 0.6) is 5.75 Å². The van der Waals surface area contributed by atoms with E-state index in [1.54, 1.807) is 13.4 Å². The van der Waals surface area contributed by atoms with Gasteiger partial charge in [0.05, 0.1) is 7.11 Å². The Labute approximate surface area is 107 Å². The maximum absolute atomic E-state index is 5.41. The van der Waals surface area contributed by atoms with E-state index >= 15 is 0 Å². The summed E-state index contributed by atoms with van der Waals surface area (Å²) in [4.78, 5) is 8.48. The largest absolute Gasteiger partial charge is 0.491 e. The molecule has 4 nitrogen and oxygen atoms in total. The van der Waals surface area contributed by atoms with Gasteiger partial charge in [0.1, 0.15) is 12.0 Å². The predicted octanol–water partition coefficient (Wildman–Crippen LogP) is 2.76. The summed E-state index contributed by atoms with van der Waals surface area (Å²) in [5, 5.41) is 3.01. The van der Waals surface area contributed by atoms with Crippen LogP contribution in [0.3, 0.4) is 0 Å². The Morgan fingerprint density at radius 1 is 1.28 bits per heavy atom. The first kappa shape index (κ1) is 12.4. The first-order chi connectivity index (χ1) is 8.80. The van der Waals surface area contributed by atoms with Gasteiger partial charge in [0, 0.05) is 12.6 Å². The SMILES string of the molecule is CCc1cccc(-c2ncnc(NC)c2OC)c1. The molecule has 0 unspecified atom stereocenters. The van der Waals surface area contributed by atoms with E-state index in [-0.39, 0.29) is 0 Å².